The zero-order valence-corrected chi connectivity index (χ0v) is 22.6. The van der Waals surface area contributed by atoms with E-state index in [1.54, 1.807) is 0 Å². The number of nitrogens with one attached hydrogen (secondary N) is 1. The number of fused-ring (bicyclic) bond motifs is 1. The molecule has 0 aliphatic heterocycles. The third-order valence-electron chi connectivity index (χ3n) is 8.69. The van der Waals surface area contributed by atoms with Gasteiger partial charge in [0, 0.05) is 13.1 Å². The van der Waals surface area contributed by atoms with Crippen molar-refractivity contribution in [2.24, 2.45) is 34.5 Å². The predicted octanol–water partition coefficient (Wildman–Crippen LogP) is 5.71. The molecule has 0 spiro atoms. The third-order valence-corrected chi connectivity index (χ3v) is 8.69. The molecule has 0 bridgehead atoms. The van der Waals surface area contributed by atoms with Crippen LogP contribution < -0.4 is 5.32 Å². The number of aliphatic hydroxyl groups is 1. The van der Waals surface area contributed by atoms with Crippen molar-refractivity contribution in [1.29, 1.82) is 0 Å². The van der Waals surface area contributed by atoms with Crippen molar-refractivity contribution in [2.45, 2.75) is 112 Å². The highest BCUT2D eigenvalue weighted by atomic mass is 16.6. The summed E-state index contributed by atoms with van der Waals surface area (Å²) in [6.07, 6.45) is 6.26. The van der Waals surface area contributed by atoms with Gasteiger partial charge in [0.05, 0.1) is 6.10 Å². The van der Waals surface area contributed by atoms with Gasteiger partial charge in [0.25, 0.3) is 0 Å². The molecule has 0 heterocycles. The Morgan fingerprint density at radius 1 is 1.19 bits per heavy atom. The van der Waals surface area contributed by atoms with E-state index in [0.29, 0.717) is 23.7 Å². The zero-order valence-electron chi connectivity index (χ0n) is 22.6. The van der Waals surface area contributed by atoms with Crippen molar-refractivity contribution in [3.63, 3.8) is 0 Å². The molecule has 2 rings (SSSR count). The second-order valence-electron chi connectivity index (χ2n) is 13.1. The molecule has 0 aromatic heterocycles. The molecule has 0 saturated heterocycles. The molecule has 0 aromatic carbocycles. The normalized spacial score (nSPS) is 31.5. The fourth-order valence-electron chi connectivity index (χ4n) is 7.08. The first-order valence-electron chi connectivity index (χ1n) is 12.9. The van der Waals surface area contributed by atoms with E-state index in [1.165, 1.54) is 19.3 Å². The zero-order chi connectivity index (χ0) is 24.5. The Labute approximate surface area is 198 Å². The lowest BCUT2D eigenvalue weighted by Gasteiger charge is -2.59. The Hall–Kier alpha value is -0.810. The van der Waals surface area contributed by atoms with Gasteiger partial charge in [-0.1, -0.05) is 27.7 Å². The predicted molar refractivity (Wildman–Crippen MR) is 133 cm³/mol. The van der Waals surface area contributed by atoms with Gasteiger partial charge < -0.3 is 20.1 Å². The van der Waals surface area contributed by atoms with Gasteiger partial charge in [-0.2, -0.15) is 0 Å². The number of hydrogen-bond donors (Lipinski definition) is 2. The topological polar surface area (TPSA) is 61.8 Å². The van der Waals surface area contributed by atoms with Crippen LogP contribution in [0.25, 0.3) is 0 Å². The van der Waals surface area contributed by atoms with Crippen LogP contribution in [0.15, 0.2) is 0 Å². The summed E-state index contributed by atoms with van der Waals surface area (Å²) in [5, 5.41) is 13.4. The van der Waals surface area contributed by atoms with Gasteiger partial charge in [-0.05, 0) is 114 Å². The molecule has 0 aromatic rings. The number of carbonyl (C=O) groups is 1. The molecular formula is C27H52N2O3. The van der Waals surface area contributed by atoms with E-state index in [9.17, 15) is 9.90 Å². The lowest BCUT2D eigenvalue weighted by atomic mass is 9.49. The highest BCUT2D eigenvalue weighted by Crippen LogP contribution is 2.58. The second-order valence-corrected chi connectivity index (χ2v) is 13.1. The molecule has 0 radical (unpaired) electrons. The number of hydrogen-bond acceptors (Lipinski definition) is 4. The molecule has 32 heavy (non-hydrogen) atoms. The molecule has 188 valence electrons. The number of ether oxygens (including phenoxy) is 1. The molecule has 2 fully saturated rings. The largest absolute Gasteiger partial charge is 0.444 e. The van der Waals surface area contributed by atoms with Gasteiger partial charge in [0.1, 0.15) is 5.60 Å². The van der Waals surface area contributed by atoms with Crippen molar-refractivity contribution in [3.05, 3.63) is 0 Å². The Morgan fingerprint density at radius 3 is 2.34 bits per heavy atom. The maximum atomic E-state index is 13.0. The number of aliphatic hydroxyl groups excluding tert-OH is 1. The van der Waals surface area contributed by atoms with Crippen LogP contribution in [0.1, 0.15) is 93.9 Å². The number of nitrogens with zero attached hydrogens (tertiary/aromatic N) is 1. The smallest absolute Gasteiger partial charge is 0.410 e. The summed E-state index contributed by atoms with van der Waals surface area (Å²) in [6.45, 7) is 18.2. The van der Waals surface area contributed by atoms with Gasteiger partial charge in [-0.25, -0.2) is 4.79 Å². The monoisotopic (exact) mass is 452 g/mol. The Kier molecular flexibility index (Phi) is 8.75. The van der Waals surface area contributed by atoms with Crippen LogP contribution in [0.3, 0.4) is 0 Å². The van der Waals surface area contributed by atoms with E-state index in [4.69, 9.17) is 4.74 Å². The van der Waals surface area contributed by atoms with Crippen LogP contribution in [0, 0.1) is 34.5 Å². The summed E-state index contributed by atoms with van der Waals surface area (Å²) in [5.41, 5.74) is -0.279. The SMILES string of the molecule is CNCCC1C[C@H](N(C)C(=O)OC(C)(C)C)C(C)(C)[C@@H]2CC[C@@H](C(C)(C)C[C@H](C)O)CC12. The van der Waals surface area contributed by atoms with Crippen LogP contribution in [-0.2, 0) is 4.74 Å². The van der Waals surface area contributed by atoms with Crippen molar-refractivity contribution >= 4 is 6.09 Å². The summed E-state index contributed by atoms with van der Waals surface area (Å²) < 4.78 is 5.75. The minimum absolute atomic E-state index is 0.0475. The van der Waals surface area contributed by atoms with Crippen LogP contribution in [0.5, 0.6) is 0 Å². The van der Waals surface area contributed by atoms with Gasteiger partial charge in [-0.15, -0.1) is 0 Å². The first kappa shape index (κ1) is 27.4. The number of rotatable bonds is 7. The first-order chi connectivity index (χ1) is 14.6. The summed E-state index contributed by atoms with van der Waals surface area (Å²) in [5.74, 6) is 2.52. The van der Waals surface area contributed by atoms with E-state index >= 15 is 0 Å². The molecule has 2 aliphatic carbocycles. The van der Waals surface area contributed by atoms with E-state index < -0.39 is 5.60 Å². The number of amides is 1. The summed E-state index contributed by atoms with van der Waals surface area (Å²) in [6, 6.07) is 0.183. The quantitative estimate of drug-likeness (QED) is 0.519. The Bertz CT molecular complexity index is 623. The Balaban J connectivity index is 2.28. The molecule has 1 amide bonds. The standard InChI is InChI=1S/C27H52N2O3/c1-18(30)17-26(5,6)20-11-12-22-21(16-20)19(13-14-28-9)15-23(27(22,7)8)29(10)24(31)32-25(2,3)4/h18-23,28,30H,11-17H2,1-10H3/t18-,19?,20+,21?,22+,23-/m0/s1. The average Bonchev–Trinajstić information content (AvgIpc) is 2.64. The molecule has 2 unspecified atom stereocenters. The van der Waals surface area contributed by atoms with E-state index in [1.807, 2.05) is 46.7 Å². The first-order valence-corrected chi connectivity index (χ1v) is 12.9. The molecule has 2 N–H and O–H groups in total. The highest BCUT2D eigenvalue weighted by molar-refractivity contribution is 5.68. The fourth-order valence-corrected chi connectivity index (χ4v) is 7.08. The van der Waals surface area contributed by atoms with Crippen LogP contribution >= 0.6 is 0 Å². The number of carbonyl (C=O) groups excluding carboxylic acids is 1. The minimum Gasteiger partial charge on any atom is -0.444 e. The maximum Gasteiger partial charge on any atom is 0.410 e. The van der Waals surface area contributed by atoms with Crippen molar-refractivity contribution in [2.75, 3.05) is 20.6 Å². The van der Waals surface area contributed by atoms with Gasteiger partial charge in [0.2, 0.25) is 0 Å². The molecule has 6 atom stereocenters. The highest BCUT2D eigenvalue weighted by Gasteiger charge is 2.54. The van der Waals surface area contributed by atoms with E-state index in [2.05, 4.69) is 33.0 Å². The van der Waals surface area contributed by atoms with Crippen molar-refractivity contribution < 1.29 is 14.6 Å². The third kappa shape index (κ3) is 6.40. The Morgan fingerprint density at radius 2 is 1.81 bits per heavy atom. The second kappa shape index (κ2) is 10.2. The molecule has 5 nitrogen and oxygen atoms in total. The van der Waals surface area contributed by atoms with Crippen LogP contribution in [0.2, 0.25) is 0 Å². The lowest BCUT2D eigenvalue weighted by molar-refractivity contribution is -0.0936. The molecule has 2 aliphatic rings. The lowest BCUT2D eigenvalue weighted by Crippen LogP contribution is -2.58. The van der Waals surface area contributed by atoms with E-state index in [0.717, 1.165) is 25.8 Å². The molecule has 2 saturated carbocycles. The van der Waals surface area contributed by atoms with E-state index in [-0.39, 0.29) is 29.1 Å². The average molecular weight is 453 g/mol. The van der Waals surface area contributed by atoms with Crippen molar-refractivity contribution in [1.82, 2.24) is 10.2 Å². The summed E-state index contributed by atoms with van der Waals surface area (Å²) in [7, 11) is 3.97. The molecule has 5 heteroatoms. The molecular weight excluding hydrogens is 400 g/mol. The van der Waals surface area contributed by atoms with Crippen LogP contribution in [0.4, 0.5) is 4.79 Å². The van der Waals surface area contributed by atoms with Crippen molar-refractivity contribution in [3.8, 4) is 0 Å². The van der Waals surface area contributed by atoms with Gasteiger partial charge in [-0.3, -0.25) is 0 Å². The van der Waals surface area contributed by atoms with Gasteiger partial charge >= 0.3 is 6.09 Å². The fraction of sp³-hybridized carbons (Fsp3) is 0.963. The maximum absolute atomic E-state index is 13.0. The summed E-state index contributed by atoms with van der Waals surface area (Å²) in [4.78, 5) is 14.9. The summed E-state index contributed by atoms with van der Waals surface area (Å²) >= 11 is 0. The van der Waals surface area contributed by atoms with Gasteiger partial charge in [0.15, 0.2) is 0 Å². The van der Waals surface area contributed by atoms with Crippen LogP contribution in [-0.4, -0.2) is 54.5 Å². The minimum atomic E-state index is -0.480.